The Labute approximate surface area is 144 Å². The van der Waals surface area contributed by atoms with Crippen molar-refractivity contribution in [2.75, 3.05) is 0 Å². The summed E-state index contributed by atoms with van der Waals surface area (Å²) >= 11 is 7.51. The number of H-pyrrole nitrogens is 1. The number of alkyl halides is 1. The Hall–Kier alpha value is -1.65. The lowest BCUT2D eigenvalue weighted by molar-refractivity contribution is 0.590. The van der Waals surface area contributed by atoms with Crippen LogP contribution in [-0.4, -0.2) is 9.97 Å². The minimum atomic E-state index is -0.316. The molecule has 23 heavy (non-hydrogen) atoms. The van der Waals surface area contributed by atoms with E-state index in [2.05, 4.69) is 55.0 Å². The first-order chi connectivity index (χ1) is 10.8. The van der Waals surface area contributed by atoms with Gasteiger partial charge >= 0.3 is 0 Å². The molecule has 120 valence electrons. The third kappa shape index (κ3) is 3.06. The van der Waals surface area contributed by atoms with E-state index in [4.69, 9.17) is 11.6 Å². The smallest absolute Gasteiger partial charge is 0.260 e. The molecule has 0 fully saturated rings. The van der Waals surface area contributed by atoms with Crippen molar-refractivity contribution in [1.82, 2.24) is 9.97 Å². The summed E-state index contributed by atoms with van der Waals surface area (Å²) in [6.45, 7) is 8.35. The Morgan fingerprint density at radius 3 is 2.43 bits per heavy atom. The van der Waals surface area contributed by atoms with Crippen LogP contribution in [0.1, 0.15) is 44.5 Å². The van der Waals surface area contributed by atoms with Gasteiger partial charge in [-0.1, -0.05) is 45.0 Å². The van der Waals surface area contributed by atoms with Gasteiger partial charge in [0.2, 0.25) is 0 Å². The summed E-state index contributed by atoms with van der Waals surface area (Å²) in [4.78, 5) is 20.4. The standard InChI is InChI=1S/C18H19ClN2OS/c1-10(19)15-20-16(22)14-13(9-23-17(14)21-15)11-5-7-12(8-6-11)18(2,3)4/h5-10H,1-4H3,(H,20,21,22). The Kier molecular flexibility index (Phi) is 4.07. The summed E-state index contributed by atoms with van der Waals surface area (Å²) in [5.74, 6) is 0.514. The Balaban J connectivity index is 2.12. The summed E-state index contributed by atoms with van der Waals surface area (Å²) < 4.78 is 0. The summed E-state index contributed by atoms with van der Waals surface area (Å²) in [7, 11) is 0. The van der Waals surface area contributed by atoms with Gasteiger partial charge in [0.05, 0.1) is 10.8 Å². The van der Waals surface area contributed by atoms with E-state index in [1.54, 1.807) is 6.92 Å². The molecule has 3 nitrogen and oxygen atoms in total. The number of rotatable bonds is 2. The number of nitrogens with one attached hydrogen (secondary N) is 1. The average Bonchev–Trinajstić information content (AvgIpc) is 2.91. The molecule has 0 aliphatic rings. The highest BCUT2D eigenvalue weighted by atomic mass is 35.5. The van der Waals surface area contributed by atoms with Crippen molar-refractivity contribution in [3.05, 3.63) is 51.4 Å². The van der Waals surface area contributed by atoms with E-state index in [9.17, 15) is 4.79 Å². The highest BCUT2D eigenvalue weighted by Crippen LogP contribution is 2.33. The lowest BCUT2D eigenvalue weighted by Crippen LogP contribution is -2.12. The zero-order valence-electron chi connectivity index (χ0n) is 13.6. The number of aromatic nitrogens is 2. The molecule has 1 atom stereocenters. The minimum Gasteiger partial charge on any atom is -0.309 e. The van der Waals surface area contributed by atoms with E-state index in [1.165, 1.54) is 16.9 Å². The molecule has 3 rings (SSSR count). The SMILES string of the molecule is CC(Cl)c1nc2scc(-c3ccc(C(C)(C)C)cc3)c2c(=O)[nH]1. The van der Waals surface area contributed by atoms with E-state index >= 15 is 0 Å². The fourth-order valence-corrected chi connectivity index (χ4v) is 3.57. The van der Waals surface area contributed by atoms with E-state index in [0.717, 1.165) is 16.0 Å². The molecular formula is C18H19ClN2OS. The van der Waals surface area contributed by atoms with Crippen LogP contribution in [0.2, 0.25) is 0 Å². The molecular weight excluding hydrogens is 328 g/mol. The predicted octanol–water partition coefficient (Wildman–Crippen LogP) is 5.25. The molecule has 2 aromatic heterocycles. The highest BCUT2D eigenvalue weighted by molar-refractivity contribution is 7.17. The van der Waals surface area contributed by atoms with Crippen molar-refractivity contribution < 1.29 is 0 Å². The molecule has 0 aliphatic carbocycles. The van der Waals surface area contributed by atoms with Gasteiger partial charge in [-0.25, -0.2) is 4.98 Å². The first kappa shape index (κ1) is 16.2. The quantitative estimate of drug-likeness (QED) is 0.644. The maximum absolute atomic E-state index is 12.4. The first-order valence-corrected chi connectivity index (χ1v) is 8.85. The second kappa shape index (κ2) is 5.77. The maximum Gasteiger partial charge on any atom is 0.260 e. The van der Waals surface area contributed by atoms with Crippen molar-refractivity contribution >= 4 is 33.2 Å². The zero-order valence-corrected chi connectivity index (χ0v) is 15.2. The first-order valence-electron chi connectivity index (χ1n) is 7.54. The molecule has 0 aliphatic heterocycles. The Bertz CT molecular complexity index is 901. The van der Waals surface area contributed by atoms with Crippen molar-refractivity contribution in [3.63, 3.8) is 0 Å². The predicted molar refractivity (Wildman–Crippen MR) is 98.6 cm³/mol. The number of aromatic amines is 1. The second-order valence-corrected chi connectivity index (χ2v) is 8.24. The van der Waals surface area contributed by atoms with Crippen LogP contribution in [0.15, 0.2) is 34.4 Å². The van der Waals surface area contributed by atoms with Crippen LogP contribution in [0.4, 0.5) is 0 Å². The summed E-state index contributed by atoms with van der Waals surface area (Å²) in [5.41, 5.74) is 3.20. The van der Waals surface area contributed by atoms with Crippen LogP contribution in [0.5, 0.6) is 0 Å². The van der Waals surface area contributed by atoms with E-state index in [-0.39, 0.29) is 16.4 Å². The van der Waals surface area contributed by atoms with E-state index < -0.39 is 0 Å². The van der Waals surface area contributed by atoms with Gasteiger partial charge in [0.25, 0.3) is 5.56 Å². The van der Waals surface area contributed by atoms with E-state index in [0.29, 0.717) is 11.2 Å². The molecule has 0 spiro atoms. The highest BCUT2D eigenvalue weighted by Gasteiger charge is 2.16. The Morgan fingerprint density at radius 1 is 1.22 bits per heavy atom. The topological polar surface area (TPSA) is 45.8 Å². The number of nitrogens with zero attached hydrogens (tertiary/aromatic N) is 1. The summed E-state index contributed by atoms with van der Waals surface area (Å²) in [6, 6.07) is 8.38. The fourth-order valence-electron chi connectivity index (χ4n) is 2.52. The molecule has 2 heterocycles. The van der Waals surface area contributed by atoms with E-state index in [1.807, 2.05) is 5.38 Å². The number of hydrogen-bond acceptors (Lipinski definition) is 3. The third-order valence-electron chi connectivity index (χ3n) is 3.90. The molecule has 3 aromatic rings. The monoisotopic (exact) mass is 346 g/mol. The van der Waals surface area contributed by atoms with Gasteiger partial charge in [-0.05, 0) is 23.5 Å². The van der Waals surface area contributed by atoms with Crippen LogP contribution in [-0.2, 0) is 5.41 Å². The summed E-state index contributed by atoms with van der Waals surface area (Å²) in [5, 5.41) is 2.31. The van der Waals surface area contributed by atoms with Gasteiger partial charge < -0.3 is 4.98 Å². The lowest BCUT2D eigenvalue weighted by atomic mass is 9.86. The zero-order chi connectivity index (χ0) is 16.8. The van der Waals surface area contributed by atoms with Gasteiger partial charge in [-0.3, -0.25) is 4.79 Å². The molecule has 1 unspecified atom stereocenters. The molecule has 5 heteroatoms. The van der Waals surface area contributed by atoms with Crippen LogP contribution in [0.25, 0.3) is 21.3 Å². The minimum absolute atomic E-state index is 0.111. The van der Waals surface area contributed by atoms with Gasteiger partial charge in [0.15, 0.2) is 0 Å². The van der Waals surface area contributed by atoms with Crippen molar-refractivity contribution in [1.29, 1.82) is 0 Å². The van der Waals surface area contributed by atoms with Gasteiger partial charge in [-0.2, -0.15) is 0 Å². The van der Waals surface area contributed by atoms with Crippen LogP contribution >= 0.6 is 22.9 Å². The molecule has 0 saturated carbocycles. The van der Waals surface area contributed by atoms with Crippen LogP contribution in [0, 0.1) is 0 Å². The average molecular weight is 347 g/mol. The molecule has 0 amide bonds. The number of thiophene rings is 1. The fraction of sp³-hybridized carbons (Fsp3) is 0.333. The molecule has 1 N–H and O–H groups in total. The van der Waals surface area contributed by atoms with Crippen LogP contribution in [0.3, 0.4) is 0 Å². The normalized spacial score (nSPS) is 13.4. The van der Waals surface area contributed by atoms with Crippen molar-refractivity contribution in [2.24, 2.45) is 0 Å². The van der Waals surface area contributed by atoms with Crippen molar-refractivity contribution in [2.45, 2.75) is 38.5 Å². The number of hydrogen-bond donors (Lipinski definition) is 1. The molecule has 0 bridgehead atoms. The second-order valence-electron chi connectivity index (χ2n) is 6.72. The maximum atomic E-state index is 12.4. The number of benzene rings is 1. The van der Waals surface area contributed by atoms with Gasteiger partial charge in [0.1, 0.15) is 10.7 Å². The largest absolute Gasteiger partial charge is 0.309 e. The number of halogens is 1. The van der Waals surface area contributed by atoms with Crippen LogP contribution < -0.4 is 5.56 Å². The van der Waals surface area contributed by atoms with Crippen molar-refractivity contribution in [3.8, 4) is 11.1 Å². The Morgan fingerprint density at radius 2 is 1.87 bits per heavy atom. The molecule has 1 aromatic carbocycles. The van der Waals surface area contributed by atoms with Gasteiger partial charge in [-0.15, -0.1) is 22.9 Å². The number of fused-ring (bicyclic) bond motifs is 1. The summed E-state index contributed by atoms with van der Waals surface area (Å²) in [6.07, 6.45) is 0. The lowest BCUT2D eigenvalue weighted by Gasteiger charge is -2.19. The molecule has 0 radical (unpaired) electrons. The third-order valence-corrected chi connectivity index (χ3v) is 4.98. The molecule has 0 saturated heterocycles. The van der Waals surface area contributed by atoms with Gasteiger partial charge in [0, 0.05) is 10.9 Å².